The molecule has 3 rings (SSSR count). The van der Waals surface area contributed by atoms with Crippen molar-refractivity contribution in [3.63, 3.8) is 0 Å². The van der Waals surface area contributed by atoms with Gasteiger partial charge in [0.25, 0.3) is 0 Å². The van der Waals surface area contributed by atoms with Crippen LogP contribution in [0.25, 0.3) is 0 Å². The van der Waals surface area contributed by atoms with Gasteiger partial charge < -0.3 is 4.57 Å². The lowest BCUT2D eigenvalue weighted by Gasteiger charge is -2.15. The van der Waals surface area contributed by atoms with Crippen molar-refractivity contribution in [2.45, 2.75) is 66.0 Å². The van der Waals surface area contributed by atoms with Crippen LogP contribution in [-0.4, -0.2) is 19.3 Å². The molecule has 2 aromatic heterocycles. The largest absolute Gasteiger partial charge is 0.326 e. The van der Waals surface area contributed by atoms with Gasteiger partial charge >= 0.3 is 0 Å². The van der Waals surface area contributed by atoms with Crippen LogP contribution in [0.15, 0.2) is 0 Å². The van der Waals surface area contributed by atoms with E-state index in [1.54, 1.807) is 0 Å². The molecule has 0 radical (unpaired) electrons. The zero-order valence-corrected chi connectivity index (χ0v) is 13.9. The first-order valence-electron chi connectivity index (χ1n) is 7.94. The summed E-state index contributed by atoms with van der Waals surface area (Å²) < 4.78 is 4.37. The predicted molar refractivity (Wildman–Crippen MR) is 85.0 cm³/mol. The molecule has 0 bridgehead atoms. The van der Waals surface area contributed by atoms with Crippen molar-refractivity contribution in [1.82, 2.24) is 19.3 Å². The van der Waals surface area contributed by atoms with Crippen molar-refractivity contribution < 1.29 is 0 Å². The van der Waals surface area contributed by atoms with Crippen LogP contribution in [0.2, 0.25) is 5.02 Å². The van der Waals surface area contributed by atoms with Crippen LogP contribution in [0.4, 0.5) is 0 Å². The highest BCUT2D eigenvalue weighted by atomic mass is 35.5. The maximum absolute atomic E-state index is 6.54. The molecule has 0 fully saturated rings. The van der Waals surface area contributed by atoms with Crippen LogP contribution >= 0.6 is 11.6 Å². The molecule has 0 amide bonds. The topological polar surface area (TPSA) is 35.6 Å². The number of rotatable bonds is 4. The second-order valence-corrected chi connectivity index (χ2v) is 6.10. The lowest BCUT2D eigenvalue weighted by molar-refractivity contribution is 0.571. The summed E-state index contributed by atoms with van der Waals surface area (Å²) in [6, 6.07) is 0. The van der Waals surface area contributed by atoms with E-state index >= 15 is 0 Å². The fourth-order valence-corrected chi connectivity index (χ4v) is 3.59. The van der Waals surface area contributed by atoms with E-state index in [4.69, 9.17) is 16.6 Å². The fourth-order valence-electron chi connectivity index (χ4n) is 3.26. The van der Waals surface area contributed by atoms with E-state index in [2.05, 4.69) is 30.4 Å². The molecular formula is C16H23ClN4. The summed E-state index contributed by atoms with van der Waals surface area (Å²) in [5.74, 6) is 1.10. The molecule has 0 saturated heterocycles. The third kappa shape index (κ3) is 2.50. The second-order valence-electron chi connectivity index (χ2n) is 5.72. The van der Waals surface area contributed by atoms with E-state index in [0.717, 1.165) is 54.6 Å². The molecule has 2 aromatic rings. The number of halogens is 1. The minimum absolute atomic E-state index is 0.786. The minimum Gasteiger partial charge on any atom is -0.326 e. The first-order valence-corrected chi connectivity index (χ1v) is 8.32. The Hall–Kier alpha value is -1.29. The summed E-state index contributed by atoms with van der Waals surface area (Å²) in [5, 5.41) is 5.45. The second kappa shape index (κ2) is 5.84. The summed E-state index contributed by atoms with van der Waals surface area (Å²) in [5.41, 5.74) is 4.80. The van der Waals surface area contributed by atoms with Crippen molar-refractivity contribution in [2.75, 3.05) is 0 Å². The first kappa shape index (κ1) is 14.6. The fraction of sp³-hybridized carbons (Fsp3) is 0.625. The number of aromatic nitrogens is 4. The molecule has 21 heavy (non-hydrogen) atoms. The highest BCUT2D eigenvalue weighted by Gasteiger charge is 2.21. The van der Waals surface area contributed by atoms with Crippen LogP contribution in [0.5, 0.6) is 0 Å². The average Bonchev–Trinajstić information content (AvgIpc) is 2.98. The number of hydrogen-bond acceptors (Lipinski definition) is 2. The molecule has 4 nitrogen and oxygen atoms in total. The molecule has 0 N–H and O–H groups in total. The molecule has 1 aliphatic carbocycles. The normalized spacial score (nSPS) is 14.5. The molecule has 5 heteroatoms. The SMILES string of the molecule is CCc1nn(CC)c(Cn2c(C)nc3c2CCCC3)c1Cl. The third-order valence-corrected chi connectivity index (χ3v) is 4.86. The number of imidazole rings is 1. The summed E-state index contributed by atoms with van der Waals surface area (Å²) in [6.07, 6.45) is 5.65. The van der Waals surface area contributed by atoms with Gasteiger partial charge in [0.2, 0.25) is 0 Å². The molecule has 1 aliphatic rings. The molecule has 0 spiro atoms. The quantitative estimate of drug-likeness (QED) is 0.866. The van der Waals surface area contributed by atoms with E-state index in [-0.39, 0.29) is 0 Å². The zero-order chi connectivity index (χ0) is 15.0. The maximum atomic E-state index is 6.54. The summed E-state index contributed by atoms with van der Waals surface area (Å²) in [6.45, 7) is 7.95. The van der Waals surface area contributed by atoms with Gasteiger partial charge in [0.05, 0.1) is 28.6 Å². The van der Waals surface area contributed by atoms with Gasteiger partial charge in [-0.3, -0.25) is 4.68 Å². The van der Waals surface area contributed by atoms with E-state index in [9.17, 15) is 0 Å². The third-order valence-electron chi connectivity index (χ3n) is 4.43. The minimum atomic E-state index is 0.786. The van der Waals surface area contributed by atoms with Crippen LogP contribution in [0.3, 0.4) is 0 Å². The molecular weight excluding hydrogens is 284 g/mol. The molecule has 2 heterocycles. The maximum Gasteiger partial charge on any atom is 0.106 e. The van der Waals surface area contributed by atoms with Crippen molar-refractivity contribution in [3.8, 4) is 0 Å². The van der Waals surface area contributed by atoms with Gasteiger partial charge in [0.15, 0.2) is 0 Å². The van der Waals surface area contributed by atoms with Crippen LogP contribution in [-0.2, 0) is 32.4 Å². The first-order chi connectivity index (χ1) is 10.2. The zero-order valence-electron chi connectivity index (χ0n) is 13.1. The van der Waals surface area contributed by atoms with E-state index in [1.165, 1.54) is 24.2 Å². The Morgan fingerprint density at radius 1 is 1.19 bits per heavy atom. The molecule has 0 aliphatic heterocycles. The predicted octanol–water partition coefficient (Wildman–Crippen LogP) is 3.55. The van der Waals surface area contributed by atoms with Gasteiger partial charge in [-0.2, -0.15) is 5.10 Å². The number of nitrogens with zero attached hydrogens (tertiary/aromatic N) is 4. The Labute approximate surface area is 131 Å². The van der Waals surface area contributed by atoms with E-state index in [0.29, 0.717) is 0 Å². The summed E-state index contributed by atoms with van der Waals surface area (Å²) >= 11 is 6.54. The van der Waals surface area contributed by atoms with Crippen molar-refractivity contribution in [2.24, 2.45) is 0 Å². The van der Waals surface area contributed by atoms with Crippen LogP contribution in [0.1, 0.15) is 55.3 Å². The van der Waals surface area contributed by atoms with E-state index in [1.807, 2.05) is 4.68 Å². The Balaban J connectivity index is 2.01. The summed E-state index contributed by atoms with van der Waals surface area (Å²) in [4.78, 5) is 4.75. The number of aryl methyl sites for hydroxylation is 4. The lowest BCUT2D eigenvalue weighted by atomic mass is 10.0. The highest BCUT2D eigenvalue weighted by Crippen LogP contribution is 2.27. The Bertz CT molecular complexity index is 654. The standard InChI is InChI=1S/C16H23ClN4/c1-4-12-16(17)15(21(5-2)19-12)10-20-11(3)18-13-8-6-7-9-14(13)20/h4-10H2,1-3H3. The van der Waals surface area contributed by atoms with Crippen molar-refractivity contribution >= 4 is 11.6 Å². The highest BCUT2D eigenvalue weighted by molar-refractivity contribution is 6.31. The van der Waals surface area contributed by atoms with Gasteiger partial charge in [0, 0.05) is 12.2 Å². The average molecular weight is 307 g/mol. The van der Waals surface area contributed by atoms with E-state index < -0.39 is 0 Å². The summed E-state index contributed by atoms with van der Waals surface area (Å²) in [7, 11) is 0. The van der Waals surface area contributed by atoms with Gasteiger partial charge in [0.1, 0.15) is 5.82 Å². The molecule has 0 saturated carbocycles. The van der Waals surface area contributed by atoms with Crippen molar-refractivity contribution in [1.29, 1.82) is 0 Å². The molecule has 114 valence electrons. The molecule has 0 aromatic carbocycles. The molecule has 0 unspecified atom stereocenters. The van der Waals surface area contributed by atoms with Gasteiger partial charge in [-0.05, 0) is 46.0 Å². The number of hydrogen-bond donors (Lipinski definition) is 0. The van der Waals surface area contributed by atoms with Crippen molar-refractivity contribution in [3.05, 3.63) is 33.6 Å². The molecule has 0 atom stereocenters. The Morgan fingerprint density at radius 2 is 1.95 bits per heavy atom. The van der Waals surface area contributed by atoms with Crippen LogP contribution < -0.4 is 0 Å². The smallest absolute Gasteiger partial charge is 0.106 e. The van der Waals surface area contributed by atoms with Crippen LogP contribution in [0, 0.1) is 6.92 Å². The van der Waals surface area contributed by atoms with Gasteiger partial charge in [-0.1, -0.05) is 18.5 Å². The lowest BCUT2D eigenvalue weighted by Crippen LogP contribution is -2.13. The van der Waals surface area contributed by atoms with Gasteiger partial charge in [-0.15, -0.1) is 0 Å². The monoisotopic (exact) mass is 306 g/mol. The Kier molecular flexibility index (Phi) is 4.07. The Morgan fingerprint density at radius 3 is 2.67 bits per heavy atom. The number of fused-ring (bicyclic) bond motifs is 1. The van der Waals surface area contributed by atoms with Gasteiger partial charge in [-0.25, -0.2) is 4.98 Å².